The van der Waals surface area contributed by atoms with Gasteiger partial charge in [-0.15, -0.1) is 16.9 Å². The van der Waals surface area contributed by atoms with Crippen molar-refractivity contribution in [2.24, 2.45) is 0 Å². The van der Waals surface area contributed by atoms with Crippen molar-refractivity contribution >= 4 is 23.4 Å². The van der Waals surface area contributed by atoms with E-state index in [1.807, 2.05) is 6.07 Å². The zero-order chi connectivity index (χ0) is 18.5. The van der Waals surface area contributed by atoms with Gasteiger partial charge in [-0.2, -0.15) is 10.3 Å². The van der Waals surface area contributed by atoms with Crippen LogP contribution in [0.3, 0.4) is 0 Å². The van der Waals surface area contributed by atoms with Gasteiger partial charge in [0.15, 0.2) is 5.69 Å². The minimum atomic E-state index is -0.648. The van der Waals surface area contributed by atoms with Gasteiger partial charge in [0.1, 0.15) is 11.5 Å². The molecule has 0 unspecified atom stereocenters. The first-order valence-electron chi connectivity index (χ1n) is 7.62. The molecule has 0 atom stereocenters. The monoisotopic (exact) mass is 374 g/mol. The molecule has 134 valence electrons. The van der Waals surface area contributed by atoms with Gasteiger partial charge in [-0.3, -0.25) is 10.1 Å². The highest BCUT2D eigenvalue weighted by molar-refractivity contribution is 7.98. The molecule has 9 nitrogen and oxygen atoms in total. The highest BCUT2D eigenvalue weighted by Gasteiger charge is 2.23. The van der Waals surface area contributed by atoms with Crippen LogP contribution in [-0.4, -0.2) is 32.9 Å². The summed E-state index contributed by atoms with van der Waals surface area (Å²) in [6, 6.07) is 8.00. The third-order valence-electron chi connectivity index (χ3n) is 3.40. The molecule has 2 aromatic heterocycles. The van der Waals surface area contributed by atoms with E-state index in [4.69, 9.17) is 9.15 Å². The van der Waals surface area contributed by atoms with Crippen LogP contribution in [0, 0.1) is 10.1 Å². The van der Waals surface area contributed by atoms with Gasteiger partial charge in [0.05, 0.1) is 23.5 Å². The molecule has 10 heteroatoms. The number of thioether (sulfide) groups is 1. The molecule has 0 saturated carbocycles. The van der Waals surface area contributed by atoms with Gasteiger partial charge in [0.2, 0.25) is 0 Å². The maximum absolute atomic E-state index is 12.1. The first kappa shape index (κ1) is 17.7. The molecule has 0 aliphatic rings. The number of nitrogens with one attached hydrogen (secondary N) is 1. The van der Waals surface area contributed by atoms with Crippen molar-refractivity contribution in [1.82, 2.24) is 15.4 Å². The molecule has 0 radical (unpaired) electrons. The Morgan fingerprint density at radius 3 is 2.92 bits per heavy atom. The number of aromatic nitrogens is 3. The molecule has 3 rings (SSSR count). The average Bonchev–Trinajstić information content (AvgIpc) is 3.31. The number of aromatic amines is 1. The number of carbonyl (C=O) groups excluding carboxylic acids is 1. The number of hydrogen-bond donors (Lipinski definition) is 1. The number of rotatable bonds is 7. The van der Waals surface area contributed by atoms with Gasteiger partial charge in [-0.1, -0.05) is 0 Å². The molecule has 0 bridgehead atoms. The van der Waals surface area contributed by atoms with Crippen LogP contribution in [0.4, 0.5) is 5.69 Å². The molecule has 1 N–H and O–H groups in total. The molecule has 0 amide bonds. The number of nitro benzene ring substituents is 1. The van der Waals surface area contributed by atoms with Crippen molar-refractivity contribution < 1.29 is 18.9 Å². The van der Waals surface area contributed by atoms with Gasteiger partial charge in [0, 0.05) is 22.6 Å². The van der Waals surface area contributed by atoms with Crippen molar-refractivity contribution in [1.29, 1.82) is 0 Å². The lowest BCUT2D eigenvalue weighted by Gasteiger charge is -2.08. The highest BCUT2D eigenvalue weighted by Crippen LogP contribution is 2.36. The number of carbonyl (C=O) groups is 1. The van der Waals surface area contributed by atoms with Gasteiger partial charge < -0.3 is 9.15 Å². The number of hydrogen-bond acceptors (Lipinski definition) is 8. The summed E-state index contributed by atoms with van der Waals surface area (Å²) in [6.45, 7) is 1.86. The van der Waals surface area contributed by atoms with Crippen LogP contribution in [0.1, 0.15) is 23.2 Å². The van der Waals surface area contributed by atoms with Crippen molar-refractivity contribution in [3.05, 3.63) is 58.2 Å². The summed E-state index contributed by atoms with van der Waals surface area (Å²) in [4.78, 5) is 23.4. The second-order valence-corrected chi connectivity index (χ2v) is 6.06. The molecule has 0 aliphatic heterocycles. The fourth-order valence-corrected chi connectivity index (χ4v) is 3.18. The molecule has 1 aromatic carbocycles. The van der Waals surface area contributed by atoms with Crippen LogP contribution in [0.25, 0.3) is 11.3 Å². The van der Waals surface area contributed by atoms with Gasteiger partial charge in [0.25, 0.3) is 5.69 Å². The number of ether oxygens (including phenoxy) is 1. The van der Waals surface area contributed by atoms with E-state index < -0.39 is 10.9 Å². The largest absolute Gasteiger partial charge is 0.468 e. The number of non-ortho nitro benzene ring substituents is 1. The summed E-state index contributed by atoms with van der Waals surface area (Å²) in [5.74, 6) is 0.625. The topological polar surface area (TPSA) is 124 Å². The minimum Gasteiger partial charge on any atom is -0.468 e. The van der Waals surface area contributed by atoms with Crippen molar-refractivity contribution in [3.63, 3.8) is 0 Å². The summed E-state index contributed by atoms with van der Waals surface area (Å²) in [6.07, 6.45) is 1.57. The summed E-state index contributed by atoms with van der Waals surface area (Å²) < 4.78 is 10.3. The van der Waals surface area contributed by atoms with E-state index in [-0.39, 0.29) is 23.7 Å². The van der Waals surface area contributed by atoms with Crippen molar-refractivity contribution in [2.45, 2.75) is 17.6 Å². The SMILES string of the molecule is CCOC(=O)c1n[nH]nc1-c1cc([N+](=O)[O-])ccc1SCc1ccco1. The quantitative estimate of drug-likeness (QED) is 0.289. The highest BCUT2D eigenvalue weighted by atomic mass is 32.2. The first-order chi connectivity index (χ1) is 12.6. The molecule has 0 spiro atoms. The second-order valence-electron chi connectivity index (χ2n) is 5.05. The van der Waals surface area contributed by atoms with Crippen LogP contribution in [0.2, 0.25) is 0 Å². The van der Waals surface area contributed by atoms with Gasteiger partial charge in [-0.25, -0.2) is 4.79 Å². The number of nitro groups is 1. The fraction of sp³-hybridized carbons (Fsp3) is 0.188. The second kappa shape index (κ2) is 7.83. The Labute approximate surface area is 151 Å². The normalized spacial score (nSPS) is 10.7. The molecule has 3 aromatic rings. The lowest BCUT2D eigenvalue weighted by molar-refractivity contribution is -0.384. The number of benzene rings is 1. The summed E-state index contributed by atoms with van der Waals surface area (Å²) in [5.41, 5.74) is 0.494. The maximum atomic E-state index is 12.1. The Balaban J connectivity index is 2.00. The summed E-state index contributed by atoms with van der Waals surface area (Å²) in [5, 5.41) is 21.4. The Morgan fingerprint density at radius 2 is 2.23 bits per heavy atom. The van der Waals surface area contributed by atoms with E-state index in [2.05, 4.69) is 15.4 Å². The molecule has 0 saturated heterocycles. The molecule has 2 heterocycles. The van der Waals surface area contributed by atoms with Crippen molar-refractivity contribution in [2.75, 3.05) is 6.61 Å². The number of nitrogens with zero attached hydrogens (tertiary/aromatic N) is 3. The zero-order valence-corrected chi connectivity index (χ0v) is 14.5. The van der Waals surface area contributed by atoms with Crippen LogP contribution in [0.5, 0.6) is 0 Å². The van der Waals surface area contributed by atoms with E-state index >= 15 is 0 Å². The van der Waals surface area contributed by atoms with Crippen molar-refractivity contribution in [3.8, 4) is 11.3 Å². The van der Waals surface area contributed by atoms with Crippen LogP contribution in [0.15, 0.2) is 45.9 Å². The van der Waals surface area contributed by atoms with E-state index in [0.29, 0.717) is 16.2 Å². The molecule has 26 heavy (non-hydrogen) atoms. The van der Waals surface area contributed by atoms with Gasteiger partial charge >= 0.3 is 5.97 Å². The maximum Gasteiger partial charge on any atom is 0.361 e. The number of esters is 1. The zero-order valence-electron chi connectivity index (χ0n) is 13.7. The Bertz CT molecular complexity index is 923. The summed E-state index contributed by atoms with van der Waals surface area (Å²) in [7, 11) is 0. The predicted octanol–water partition coefficient (Wildman–Crippen LogP) is 3.44. The van der Waals surface area contributed by atoms with Crippen LogP contribution in [-0.2, 0) is 10.5 Å². The number of H-pyrrole nitrogens is 1. The summed E-state index contributed by atoms with van der Waals surface area (Å²) >= 11 is 1.41. The van der Waals surface area contributed by atoms with E-state index in [1.54, 1.807) is 25.3 Å². The standard InChI is InChI=1S/C16H14N4O5S/c1-2-24-16(21)15-14(17-19-18-15)12-8-10(20(22)23)5-6-13(12)26-9-11-4-3-7-25-11/h3-8H,2,9H2,1H3,(H,17,18,19). The van der Waals surface area contributed by atoms with E-state index in [9.17, 15) is 14.9 Å². The van der Waals surface area contributed by atoms with Crippen LogP contribution < -0.4 is 0 Å². The molecular formula is C16H14N4O5S. The third kappa shape index (κ3) is 3.75. The first-order valence-corrected chi connectivity index (χ1v) is 8.60. The van der Waals surface area contributed by atoms with Gasteiger partial charge in [-0.05, 0) is 25.1 Å². The predicted molar refractivity (Wildman–Crippen MR) is 92.7 cm³/mol. The Kier molecular flexibility index (Phi) is 5.32. The number of furan rings is 1. The smallest absolute Gasteiger partial charge is 0.361 e. The van der Waals surface area contributed by atoms with Crippen LogP contribution >= 0.6 is 11.8 Å². The Morgan fingerprint density at radius 1 is 1.38 bits per heavy atom. The minimum absolute atomic E-state index is 0.0211. The average molecular weight is 374 g/mol. The molecule has 0 fully saturated rings. The molecular weight excluding hydrogens is 360 g/mol. The Hall–Kier alpha value is -3.14. The van der Waals surface area contributed by atoms with E-state index in [1.165, 1.54) is 23.9 Å². The molecule has 0 aliphatic carbocycles. The lowest BCUT2D eigenvalue weighted by atomic mass is 10.1. The van der Waals surface area contributed by atoms with E-state index in [0.717, 1.165) is 5.76 Å². The third-order valence-corrected chi connectivity index (χ3v) is 4.49. The fourth-order valence-electron chi connectivity index (χ4n) is 2.25. The lowest BCUT2D eigenvalue weighted by Crippen LogP contribution is -2.07.